The fraction of sp³-hybridized carbons (Fsp3) is 0.129. The highest BCUT2D eigenvalue weighted by Crippen LogP contribution is 2.29. The Balaban J connectivity index is 1.38. The van der Waals surface area contributed by atoms with Gasteiger partial charge in [-0.25, -0.2) is 10.2 Å². The van der Waals surface area contributed by atoms with Gasteiger partial charge in [-0.15, -0.1) is 0 Å². The van der Waals surface area contributed by atoms with Gasteiger partial charge < -0.3 is 18.9 Å². The summed E-state index contributed by atoms with van der Waals surface area (Å²) in [6.07, 6.45) is 0.589. The number of nitrogens with one attached hydrogen (secondary N) is 1. The van der Waals surface area contributed by atoms with Crippen LogP contribution in [0.4, 0.5) is 0 Å². The van der Waals surface area contributed by atoms with Gasteiger partial charge in [0, 0.05) is 10.0 Å². The highest BCUT2D eigenvalue weighted by molar-refractivity contribution is 9.10. The number of carbonyl (C=O) groups excluding carboxylic acids is 2. The normalized spacial score (nSPS) is 11.5. The van der Waals surface area contributed by atoms with Crippen LogP contribution in [0.3, 0.4) is 0 Å². The molecule has 9 heteroatoms. The van der Waals surface area contributed by atoms with E-state index in [0.29, 0.717) is 22.8 Å². The minimum Gasteiger partial charge on any atom is -0.493 e. The molecule has 1 N–H and O–H groups in total. The maximum Gasteiger partial charge on any atom is 0.343 e. The molecule has 0 aromatic heterocycles. The summed E-state index contributed by atoms with van der Waals surface area (Å²) in [5.41, 5.74) is 5.35. The van der Waals surface area contributed by atoms with Gasteiger partial charge >= 0.3 is 5.97 Å². The van der Waals surface area contributed by atoms with E-state index in [0.717, 1.165) is 15.6 Å². The SMILES string of the molecule is COc1ccc(C(=O)Oc2ccc(Br)cc2/C=N/NC(=O)C(C)Oc2ccc(-c3ccccc3)cc2)cc1OC. The monoisotopic (exact) mass is 602 g/mol. The Bertz CT molecular complexity index is 1510. The van der Waals surface area contributed by atoms with Gasteiger partial charge in [0.25, 0.3) is 5.91 Å². The van der Waals surface area contributed by atoms with Crippen LogP contribution < -0.4 is 24.4 Å². The fourth-order valence-electron chi connectivity index (χ4n) is 3.71. The van der Waals surface area contributed by atoms with Gasteiger partial charge in [0.05, 0.1) is 26.0 Å². The summed E-state index contributed by atoms with van der Waals surface area (Å²) in [5.74, 6) is 0.672. The molecule has 0 saturated heterocycles. The first-order valence-electron chi connectivity index (χ1n) is 12.3. The third kappa shape index (κ3) is 7.27. The number of methoxy groups -OCH3 is 2. The van der Waals surface area contributed by atoms with Crippen molar-refractivity contribution in [1.82, 2.24) is 5.43 Å². The number of ether oxygens (including phenoxy) is 4. The zero-order chi connectivity index (χ0) is 28.5. The van der Waals surface area contributed by atoms with Gasteiger partial charge in [-0.1, -0.05) is 58.4 Å². The second-order valence-corrected chi connectivity index (χ2v) is 9.44. The maximum absolute atomic E-state index is 12.8. The zero-order valence-corrected chi connectivity index (χ0v) is 23.7. The number of benzene rings is 4. The maximum atomic E-state index is 12.8. The van der Waals surface area contributed by atoms with Crippen molar-refractivity contribution in [2.24, 2.45) is 5.10 Å². The van der Waals surface area contributed by atoms with Gasteiger partial charge in [0.1, 0.15) is 11.5 Å². The van der Waals surface area contributed by atoms with Crippen molar-refractivity contribution in [3.05, 3.63) is 107 Å². The predicted molar refractivity (Wildman–Crippen MR) is 156 cm³/mol. The van der Waals surface area contributed by atoms with Crippen LogP contribution in [0.15, 0.2) is 101 Å². The lowest BCUT2D eigenvalue weighted by molar-refractivity contribution is -0.127. The minimum atomic E-state index is -0.801. The standard InChI is InChI=1S/C31H27BrN2O6/c1-20(39-26-13-9-22(10-14-26)21-7-5-4-6-8-21)30(35)34-33-19-24-17-25(32)12-16-27(24)40-31(36)23-11-15-28(37-2)29(18-23)38-3/h4-20H,1-3H3,(H,34,35)/b33-19+. The van der Waals surface area contributed by atoms with E-state index in [2.05, 4.69) is 26.5 Å². The summed E-state index contributed by atoms with van der Waals surface area (Å²) in [6, 6.07) is 27.3. The van der Waals surface area contributed by atoms with E-state index in [9.17, 15) is 9.59 Å². The van der Waals surface area contributed by atoms with Crippen LogP contribution in [0, 0.1) is 0 Å². The summed E-state index contributed by atoms with van der Waals surface area (Å²) in [6.45, 7) is 1.63. The van der Waals surface area contributed by atoms with E-state index < -0.39 is 18.0 Å². The Hall–Kier alpha value is -4.63. The lowest BCUT2D eigenvalue weighted by Crippen LogP contribution is -2.33. The molecule has 204 valence electrons. The van der Waals surface area contributed by atoms with Crippen molar-refractivity contribution in [2.75, 3.05) is 14.2 Å². The molecule has 1 unspecified atom stereocenters. The van der Waals surface area contributed by atoms with Crippen molar-refractivity contribution in [2.45, 2.75) is 13.0 Å². The first-order chi connectivity index (χ1) is 19.4. The second kappa shape index (κ2) is 13.4. The number of esters is 1. The van der Waals surface area contributed by atoms with Crippen LogP contribution in [0.25, 0.3) is 11.1 Å². The largest absolute Gasteiger partial charge is 0.493 e. The molecule has 4 rings (SSSR count). The van der Waals surface area contributed by atoms with Crippen molar-refractivity contribution in [3.8, 4) is 34.1 Å². The molecule has 0 spiro atoms. The molecule has 1 amide bonds. The molecule has 0 heterocycles. The molecule has 0 saturated carbocycles. The molecular weight excluding hydrogens is 576 g/mol. The summed E-state index contributed by atoms with van der Waals surface area (Å²) in [5, 5.41) is 4.04. The predicted octanol–water partition coefficient (Wildman–Crippen LogP) is 6.27. The van der Waals surface area contributed by atoms with Crippen LogP contribution in [-0.4, -0.2) is 38.4 Å². The Morgan fingerprint density at radius 2 is 1.50 bits per heavy atom. The molecule has 1 atom stereocenters. The van der Waals surface area contributed by atoms with Crippen molar-refractivity contribution in [1.29, 1.82) is 0 Å². The highest BCUT2D eigenvalue weighted by Gasteiger charge is 2.16. The minimum absolute atomic E-state index is 0.254. The molecule has 0 aliphatic heterocycles. The number of amides is 1. The smallest absolute Gasteiger partial charge is 0.343 e. The molecule has 40 heavy (non-hydrogen) atoms. The molecule has 0 aliphatic rings. The van der Waals surface area contributed by atoms with Gasteiger partial charge in [0.15, 0.2) is 17.6 Å². The summed E-state index contributed by atoms with van der Waals surface area (Å²) in [4.78, 5) is 25.4. The molecule has 4 aromatic carbocycles. The Morgan fingerprint density at radius 3 is 2.20 bits per heavy atom. The topological polar surface area (TPSA) is 95.5 Å². The van der Waals surface area contributed by atoms with Gasteiger partial charge in [0.2, 0.25) is 0 Å². The van der Waals surface area contributed by atoms with Crippen LogP contribution in [0.5, 0.6) is 23.0 Å². The van der Waals surface area contributed by atoms with Crippen LogP contribution in [0.1, 0.15) is 22.8 Å². The number of hydrogen-bond acceptors (Lipinski definition) is 7. The van der Waals surface area contributed by atoms with Crippen molar-refractivity contribution in [3.63, 3.8) is 0 Å². The van der Waals surface area contributed by atoms with Gasteiger partial charge in [-0.3, -0.25) is 4.79 Å². The van der Waals surface area contributed by atoms with Crippen LogP contribution >= 0.6 is 15.9 Å². The van der Waals surface area contributed by atoms with E-state index in [1.165, 1.54) is 26.5 Å². The number of hydrazone groups is 1. The van der Waals surface area contributed by atoms with Crippen molar-refractivity contribution >= 4 is 34.0 Å². The van der Waals surface area contributed by atoms with E-state index in [1.54, 1.807) is 37.3 Å². The van der Waals surface area contributed by atoms with Gasteiger partial charge in [-0.2, -0.15) is 5.10 Å². The quantitative estimate of drug-likeness (QED) is 0.0994. The van der Waals surface area contributed by atoms with E-state index in [-0.39, 0.29) is 11.3 Å². The molecule has 0 fully saturated rings. The summed E-state index contributed by atoms with van der Waals surface area (Å²) in [7, 11) is 3.00. The third-order valence-electron chi connectivity index (χ3n) is 5.82. The Kier molecular flexibility index (Phi) is 9.53. The molecular formula is C31H27BrN2O6. The lowest BCUT2D eigenvalue weighted by Gasteiger charge is -2.13. The first-order valence-corrected chi connectivity index (χ1v) is 13.1. The van der Waals surface area contributed by atoms with Crippen LogP contribution in [0.2, 0.25) is 0 Å². The van der Waals surface area contributed by atoms with Crippen LogP contribution in [-0.2, 0) is 4.79 Å². The Labute approximate surface area is 240 Å². The average molecular weight is 603 g/mol. The number of halogens is 1. The fourth-order valence-corrected chi connectivity index (χ4v) is 4.08. The number of carbonyl (C=O) groups is 2. The highest BCUT2D eigenvalue weighted by atomic mass is 79.9. The summed E-state index contributed by atoms with van der Waals surface area (Å²) < 4.78 is 22.6. The van der Waals surface area contributed by atoms with Gasteiger partial charge in [-0.05, 0) is 66.6 Å². The molecule has 0 bridgehead atoms. The third-order valence-corrected chi connectivity index (χ3v) is 6.31. The molecule has 4 aromatic rings. The molecule has 0 aliphatic carbocycles. The number of nitrogens with zero attached hydrogens (tertiary/aromatic N) is 1. The van der Waals surface area contributed by atoms with E-state index in [1.807, 2.05) is 54.6 Å². The molecule has 8 nitrogen and oxygen atoms in total. The van der Waals surface area contributed by atoms with Crippen molar-refractivity contribution < 1.29 is 28.5 Å². The number of hydrogen-bond donors (Lipinski definition) is 1. The summed E-state index contributed by atoms with van der Waals surface area (Å²) >= 11 is 3.40. The zero-order valence-electron chi connectivity index (χ0n) is 22.1. The number of rotatable bonds is 10. The second-order valence-electron chi connectivity index (χ2n) is 8.53. The Morgan fingerprint density at radius 1 is 0.825 bits per heavy atom. The van der Waals surface area contributed by atoms with E-state index in [4.69, 9.17) is 18.9 Å². The van der Waals surface area contributed by atoms with E-state index >= 15 is 0 Å². The first kappa shape index (κ1) is 28.4. The molecule has 0 radical (unpaired) electrons. The lowest BCUT2D eigenvalue weighted by atomic mass is 10.1. The average Bonchev–Trinajstić information content (AvgIpc) is 2.98.